The number of benzene rings is 2. The van der Waals surface area contributed by atoms with Gasteiger partial charge in [0.2, 0.25) is 0 Å². The van der Waals surface area contributed by atoms with E-state index < -0.39 is 8.32 Å². The molecule has 4 heteroatoms. The van der Waals surface area contributed by atoms with Crippen LogP contribution in [0.4, 0.5) is 0 Å². The van der Waals surface area contributed by atoms with Crippen LogP contribution in [-0.2, 0) is 13.9 Å². The Bertz CT molecular complexity index is 825. The molecular weight excluding hydrogens is 533 g/mol. The molecule has 0 unspecified atom stereocenters. The summed E-state index contributed by atoms with van der Waals surface area (Å²) in [6.45, 7) is 12.6. The number of unbranched alkanes of at least 4 members (excludes halogenated alkanes) is 15. The van der Waals surface area contributed by atoms with Crippen molar-refractivity contribution >= 4 is 18.7 Å². The van der Waals surface area contributed by atoms with Crippen LogP contribution >= 0.6 is 0 Å². The van der Waals surface area contributed by atoms with Crippen molar-refractivity contribution in [1.82, 2.24) is 0 Å². The van der Waals surface area contributed by atoms with Crippen molar-refractivity contribution in [2.45, 2.75) is 135 Å². The second-order valence-electron chi connectivity index (χ2n) is 13.0. The van der Waals surface area contributed by atoms with E-state index in [9.17, 15) is 0 Å². The lowest BCUT2D eigenvalue weighted by molar-refractivity contribution is 0.0340. The van der Waals surface area contributed by atoms with Gasteiger partial charge in [-0.05, 0) is 21.8 Å². The average Bonchev–Trinajstić information content (AvgIpc) is 3.00. The molecule has 0 fully saturated rings. The quantitative estimate of drug-likeness (QED) is 0.0799. The van der Waals surface area contributed by atoms with Gasteiger partial charge in [-0.15, -0.1) is 0 Å². The summed E-state index contributed by atoms with van der Waals surface area (Å²) in [5.41, 5.74) is 0. The smallest absolute Gasteiger partial charge is 0.261 e. The van der Waals surface area contributed by atoms with Crippen molar-refractivity contribution in [1.29, 1.82) is 0 Å². The predicted molar refractivity (Wildman–Crippen MR) is 185 cm³/mol. The van der Waals surface area contributed by atoms with Crippen molar-refractivity contribution in [2.75, 3.05) is 33.0 Å². The minimum absolute atomic E-state index is 0.00817. The van der Waals surface area contributed by atoms with Crippen LogP contribution in [0.2, 0.25) is 5.04 Å². The maximum absolute atomic E-state index is 6.88. The van der Waals surface area contributed by atoms with E-state index in [1.807, 2.05) is 0 Å². The summed E-state index contributed by atoms with van der Waals surface area (Å²) >= 11 is 0. The maximum Gasteiger partial charge on any atom is 0.261 e. The Kier molecular flexibility index (Phi) is 20.1. The molecule has 0 atom stereocenters. The van der Waals surface area contributed by atoms with Gasteiger partial charge < -0.3 is 13.9 Å². The lowest BCUT2D eigenvalue weighted by Gasteiger charge is -2.43. The first-order chi connectivity index (χ1) is 20.5. The fourth-order valence-electron chi connectivity index (χ4n) is 6.09. The summed E-state index contributed by atoms with van der Waals surface area (Å²) in [6.07, 6.45) is 22.3. The molecule has 0 heterocycles. The van der Waals surface area contributed by atoms with Gasteiger partial charge in [0.05, 0.1) is 26.4 Å². The van der Waals surface area contributed by atoms with Gasteiger partial charge in [0.1, 0.15) is 0 Å². The third-order valence-electron chi connectivity index (χ3n) is 8.48. The summed E-state index contributed by atoms with van der Waals surface area (Å²) in [5, 5.41) is 2.61. The molecule has 0 aromatic heterocycles. The highest BCUT2D eigenvalue weighted by Gasteiger charge is 2.49. The first-order valence-electron chi connectivity index (χ1n) is 17.4. The summed E-state index contributed by atoms with van der Waals surface area (Å²) in [5.74, 6) is 0. The van der Waals surface area contributed by atoms with Gasteiger partial charge in [-0.25, -0.2) is 0 Å². The second-order valence-corrected chi connectivity index (χ2v) is 17.3. The van der Waals surface area contributed by atoms with E-state index in [4.69, 9.17) is 13.9 Å². The monoisotopic (exact) mass is 596 g/mol. The van der Waals surface area contributed by atoms with E-state index in [0.717, 1.165) is 13.0 Å². The summed E-state index contributed by atoms with van der Waals surface area (Å²) in [7, 11) is -2.48. The lowest BCUT2D eigenvalue weighted by Crippen LogP contribution is -2.66. The van der Waals surface area contributed by atoms with Gasteiger partial charge in [-0.2, -0.15) is 0 Å². The highest BCUT2D eigenvalue weighted by molar-refractivity contribution is 6.99. The molecule has 238 valence electrons. The molecule has 2 aromatic rings. The van der Waals surface area contributed by atoms with Crippen LogP contribution in [0.25, 0.3) is 0 Å². The number of rotatable bonds is 26. The summed E-state index contributed by atoms with van der Waals surface area (Å²) in [4.78, 5) is 0. The van der Waals surface area contributed by atoms with Crippen LogP contribution in [0.1, 0.15) is 130 Å². The third kappa shape index (κ3) is 14.3. The van der Waals surface area contributed by atoms with Crippen LogP contribution in [0, 0.1) is 0 Å². The molecule has 0 saturated heterocycles. The highest BCUT2D eigenvalue weighted by Crippen LogP contribution is 2.36. The molecule has 0 aliphatic rings. The molecular formula is C38H64O3Si. The molecule has 0 aliphatic heterocycles. The molecule has 0 aliphatic carbocycles. The lowest BCUT2D eigenvalue weighted by atomic mass is 10.0. The van der Waals surface area contributed by atoms with Crippen LogP contribution in [-0.4, -0.2) is 41.4 Å². The number of hydrogen-bond donors (Lipinski definition) is 0. The summed E-state index contributed by atoms with van der Waals surface area (Å²) < 4.78 is 18.6. The highest BCUT2D eigenvalue weighted by atomic mass is 28.4. The molecule has 0 bridgehead atoms. The van der Waals surface area contributed by atoms with E-state index in [-0.39, 0.29) is 5.04 Å². The fourth-order valence-corrected chi connectivity index (χ4v) is 10.6. The van der Waals surface area contributed by atoms with E-state index in [1.54, 1.807) is 0 Å². The van der Waals surface area contributed by atoms with Crippen LogP contribution in [0.3, 0.4) is 0 Å². The molecule has 2 rings (SSSR count). The topological polar surface area (TPSA) is 27.7 Å². The zero-order valence-corrected chi connectivity index (χ0v) is 28.8. The zero-order chi connectivity index (χ0) is 30.2. The van der Waals surface area contributed by atoms with Crippen LogP contribution in [0.15, 0.2) is 60.7 Å². The van der Waals surface area contributed by atoms with Crippen LogP contribution < -0.4 is 10.4 Å². The van der Waals surface area contributed by atoms with E-state index >= 15 is 0 Å². The molecule has 2 aromatic carbocycles. The van der Waals surface area contributed by atoms with E-state index in [1.165, 1.54) is 107 Å². The Labute approximate surface area is 261 Å². The minimum Gasteiger partial charge on any atom is -0.405 e. The second kappa shape index (κ2) is 23.0. The largest absolute Gasteiger partial charge is 0.405 e. The van der Waals surface area contributed by atoms with Gasteiger partial charge in [0.15, 0.2) is 0 Å². The number of ether oxygens (including phenoxy) is 2. The Morgan fingerprint density at radius 1 is 0.452 bits per heavy atom. The molecule has 0 amide bonds. The van der Waals surface area contributed by atoms with Crippen molar-refractivity contribution in [3.05, 3.63) is 60.7 Å². The molecule has 0 spiro atoms. The third-order valence-corrected chi connectivity index (χ3v) is 13.5. The Hall–Kier alpha value is -1.46. The van der Waals surface area contributed by atoms with Gasteiger partial charge >= 0.3 is 0 Å². The normalized spacial score (nSPS) is 12.2. The minimum atomic E-state index is -2.48. The molecule has 42 heavy (non-hydrogen) atoms. The Morgan fingerprint density at radius 3 is 1.21 bits per heavy atom. The zero-order valence-electron chi connectivity index (χ0n) is 27.8. The molecule has 0 N–H and O–H groups in total. The SMILES string of the molecule is CCCCCCCCCCCCCCCCCCOCCOCCO[Si](c1ccccc1)(c1ccccc1)C(C)(C)C. The Balaban J connectivity index is 1.48. The van der Waals surface area contributed by atoms with Crippen molar-refractivity contribution in [2.24, 2.45) is 0 Å². The van der Waals surface area contributed by atoms with Gasteiger partial charge in [0.25, 0.3) is 8.32 Å². The first kappa shape index (κ1) is 36.7. The Morgan fingerprint density at radius 2 is 0.810 bits per heavy atom. The van der Waals surface area contributed by atoms with Gasteiger partial charge in [0, 0.05) is 6.61 Å². The average molecular weight is 597 g/mol. The molecule has 3 nitrogen and oxygen atoms in total. The molecule has 0 saturated carbocycles. The number of hydrogen-bond acceptors (Lipinski definition) is 3. The van der Waals surface area contributed by atoms with E-state index in [2.05, 4.69) is 88.4 Å². The van der Waals surface area contributed by atoms with E-state index in [0.29, 0.717) is 26.4 Å². The van der Waals surface area contributed by atoms with Gasteiger partial charge in [-0.3, -0.25) is 0 Å². The molecule has 0 radical (unpaired) electrons. The first-order valence-corrected chi connectivity index (χ1v) is 19.3. The summed E-state index contributed by atoms with van der Waals surface area (Å²) in [6, 6.07) is 21.6. The standard InChI is InChI=1S/C38H64O3Si/c1-5-6-7-8-9-10-11-12-13-14-15-16-17-18-19-26-31-39-32-33-40-34-35-41-42(38(2,3)4,36-27-22-20-23-28-36)37-29-24-21-25-30-37/h20-25,27-30H,5-19,26,31-35H2,1-4H3. The van der Waals surface area contributed by atoms with Crippen molar-refractivity contribution in [3.63, 3.8) is 0 Å². The van der Waals surface area contributed by atoms with Crippen molar-refractivity contribution in [3.8, 4) is 0 Å². The maximum atomic E-state index is 6.88. The van der Waals surface area contributed by atoms with Crippen molar-refractivity contribution < 1.29 is 13.9 Å². The van der Waals surface area contributed by atoms with Crippen LogP contribution in [0.5, 0.6) is 0 Å². The fraction of sp³-hybridized carbons (Fsp3) is 0.684. The predicted octanol–water partition coefficient (Wildman–Crippen LogP) is 9.86. The van der Waals surface area contributed by atoms with Gasteiger partial charge in [-0.1, -0.05) is 185 Å².